The highest BCUT2D eigenvalue weighted by atomic mass is 16.2. The molecule has 1 heterocycles. The Morgan fingerprint density at radius 2 is 1.63 bits per heavy atom. The molecule has 2 fully saturated rings. The molecule has 1 aliphatic heterocycles. The van der Waals surface area contributed by atoms with E-state index in [2.05, 4.69) is 0 Å². The fourth-order valence-corrected chi connectivity index (χ4v) is 3.22. The second-order valence-corrected chi connectivity index (χ2v) is 5.44. The number of likely N-dealkylation sites (tertiary alicyclic amines) is 1. The van der Waals surface area contributed by atoms with Crippen LogP contribution < -0.4 is 5.73 Å². The summed E-state index contributed by atoms with van der Waals surface area (Å²) in [6, 6.07) is 7.74. The normalized spacial score (nSPS) is 26.1. The summed E-state index contributed by atoms with van der Waals surface area (Å²) < 4.78 is 0. The number of hydrogen-bond acceptors (Lipinski definition) is 3. The van der Waals surface area contributed by atoms with Crippen LogP contribution in [0.5, 0.6) is 0 Å². The van der Waals surface area contributed by atoms with E-state index in [9.17, 15) is 9.59 Å². The third-order valence-electron chi connectivity index (χ3n) is 4.33. The van der Waals surface area contributed by atoms with Gasteiger partial charge in [-0.3, -0.25) is 14.5 Å². The van der Waals surface area contributed by atoms with Gasteiger partial charge < -0.3 is 5.73 Å². The molecule has 19 heavy (non-hydrogen) atoms. The van der Waals surface area contributed by atoms with E-state index in [1.165, 1.54) is 4.90 Å². The standard InChI is InChI=1S/C15H18N2O2/c16-8-12-3-1-2-4-13(12)9-17-14(18)10-5-6-11(7-10)15(17)19/h1-4,10-11H,5-9,16H2. The number of piperidine rings is 1. The number of amides is 2. The van der Waals surface area contributed by atoms with Gasteiger partial charge in [0.2, 0.25) is 11.8 Å². The minimum absolute atomic E-state index is 0.00516. The number of nitrogens with zero attached hydrogens (tertiary/aromatic N) is 1. The molecule has 2 amide bonds. The lowest BCUT2D eigenvalue weighted by Crippen LogP contribution is -2.45. The SMILES string of the molecule is NCc1ccccc1CN1C(=O)C2CCC(C2)C1=O. The van der Waals surface area contributed by atoms with Gasteiger partial charge in [-0.05, 0) is 30.4 Å². The lowest BCUT2D eigenvalue weighted by atomic mass is 9.96. The average molecular weight is 258 g/mol. The Bertz CT molecular complexity index is 505. The Hall–Kier alpha value is -1.68. The van der Waals surface area contributed by atoms with Crippen molar-refractivity contribution in [2.45, 2.75) is 32.4 Å². The molecule has 0 radical (unpaired) electrons. The Labute approximate surface area is 112 Å². The lowest BCUT2D eigenvalue weighted by molar-refractivity contribution is -0.153. The highest BCUT2D eigenvalue weighted by Gasteiger charge is 2.45. The van der Waals surface area contributed by atoms with Gasteiger partial charge in [-0.15, -0.1) is 0 Å². The molecule has 1 aromatic carbocycles. The highest BCUT2D eigenvalue weighted by Crippen LogP contribution is 2.38. The van der Waals surface area contributed by atoms with Gasteiger partial charge in [0.15, 0.2) is 0 Å². The summed E-state index contributed by atoms with van der Waals surface area (Å²) in [7, 11) is 0. The van der Waals surface area contributed by atoms with Gasteiger partial charge in [0.05, 0.1) is 6.54 Å². The van der Waals surface area contributed by atoms with Gasteiger partial charge in [0.25, 0.3) is 0 Å². The summed E-state index contributed by atoms with van der Waals surface area (Å²) in [4.78, 5) is 26.0. The van der Waals surface area contributed by atoms with Crippen LogP contribution in [0, 0.1) is 11.8 Å². The third-order valence-corrected chi connectivity index (χ3v) is 4.33. The molecule has 0 spiro atoms. The quantitative estimate of drug-likeness (QED) is 0.834. The summed E-state index contributed by atoms with van der Waals surface area (Å²) in [6.45, 7) is 0.803. The Morgan fingerprint density at radius 3 is 2.21 bits per heavy atom. The first kappa shape index (κ1) is 12.4. The van der Waals surface area contributed by atoms with Crippen LogP contribution in [-0.2, 0) is 22.7 Å². The van der Waals surface area contributed by atoms with Crippen molar-refractivity contribution in [1.29, 1.82) is 0 Å². The summed E-state index contributed by atoms with van der Waals surface area (Å²) >= 11 is 0. The van der Waals surface area contributed by atoms with Gasteiger partial charge in [-0.1, -0.05) is 24.3 Å². The van der Waals surface area contributed by atoms with Crippen LogP contribution >= 0.6 is 0 Å². The molecule has 2 bridgehead atoms. The smallest absolute Gasteiger partial charge is 0.232 e. The van der Waals surface area contributed by atoms with Crippen LogP contribution in [0.15, 0.2) is 24.3 Å². The minimum atomic E-state index is 0.00516. The first-order valence-corrected chi connectivity index (χ1v) is 6.82. The molecule has 3 rings (SSSR count). The Balaban J connectivity index is 1.86. The number of nitrogens with two attached hydrogens (primary N) is 1. The van der Waals surface area contributed by atoms with Crippen molar-refractivity contribution in [2.24, 2.45) is 17.6 Å². The van der Waals surface area contributed by atoms with Crippen molar-refractivity contribution in [1.82, 2.24) is 4.90 Å². The maximum absolute atomic E-state index is 12.3. The summed E-state index contributed by atoms with van der Waals surface area (Å²) in [6.07, 6.45) is 2.49. The number of carbonyl (C=O) groups is 2. The zero-order valence-corrected chi connectivity index (χ0v) is 10.8. The molecule has 1 saturated heterocycles. The van der Waals surface area contributed by atoms with Crippen LogP contribution in [0.2, 0.25) is 0 Å². The average Bonchev–Trinajstić information content (AvgIpc) is 2.89. The van der Waals surface area contributed by atoms with E-state index in [1.54, 1.807) is 0 Å². The van der Waals surface area contributed by atoms with E-state index in [-0.39, 0.29) is 23.7 Å². The maximum Gasteiger partial charge on any atom is 0.232 e. The molecule has 1 aliphatic carbocycles. The number of carbonyl (C=O) groups excluding carboxylic acids is 2. The molecule has 4 heteroatoms. The Kier molecular flexibility index (Phi) is 3.11. The van der Waals surface area contributed by atoms with Crippen molar-refractivity contribution >= 4 is 11.8 Å². The third kappa shape index (κ3) is 2.06. The van der Waals surface area contributed by atoms with Crippen molar-refractivity contribution in [3.63, 3.8) is 0 Å². The van der Waals surface area contributed by atoms with Crippen molar-refractivity contribution in [2.75, 3.05) is 0 Å². The van der Waals surface area contributed by atoms with Gasteiger partial charge in [-0.25, -0.2) is 0 Å². The largest absolute Gasteiger partial charge is 0.326 e. The fraction of sp³-hybridized carbons (Fsp3) is 0.467. The van der Waals surface area contributed by atoms with E-state index >= 15 is 0 Å². The molecule has 2 atom stereocenters. The van der Waals surface area contributed by atoms with Crippen LogP contribution in [0.3, 0.4) is 0 Å². The first-order valence-electron chi connectivity index (χ1n) is 6.82. The Morgan fingerprint density at radius 1 is 1.05 bits per heavy atom. The van der Waals surface area contributed by atoms with Crippen molar-refractivity contribution in [3.05, 3.63) is 35.4 Å². The molecule has 0 aromatic heterocycles. The second kappa shape index (κ2) is 4.78. The monoisotopic (exact) mass is 258 g/mol. The molecule has 1 aromatic rings. The maximum atomic E-state index is 12.3. The number of benzene rings is 1. The molecular formula is C15H18N2O2. The lowest BCUT2D eigenvalue weighted by Gasteiger charge is -2.30. The minimum Gasteiger partial charge on any atom is -0.326 e. The zero-order chi connectivity index (χ0) is 13.4. The van der Waals surface area contributed by atoms with E-state index in [4.69, 9.17) is 5.73 Å². The summed E-state index contributed by atoms with van der Waals surface area (Å²) in [5, 5.41) is 0. The number of rotatable bonds is 3. The van der Waals surface area contributed by atoms with Gasteiger partial charge >= 0.3 is 0 Å². The topological polar surface area (TPSA) is 63.4 Å². The zero-order valence-electron chi connectivity index (χ0n) is 10.8. The van der Waals surface area contributed by atoms with Crippen molar-refractivity contribution in [3.8, 4) is 0 Å². The molecule has 2 N–H and O–H groups in total. The van der Waals surface area contributed by atoms with Crippen LogP contribution in [0.25, 0.3) is 0 Å². The predicted molar refractivity (Wildman–Crippen MR) is 70.7 cm³/mol. The number of fused-ring (bicyclic) bond motifs is 2. The van der Waals surface area contributed by atoms with E-state index in [1.807, 2.05) is 24.3 Å². The molecule has 4 nitrogen and oxygen atoms in total. The molecule has 1 saturated carbocycles. The van der Waals surface area contributed by atoms with E-state index < -0.39 is 0 Å². The van der Waals surface area contributed by atoms with Crippen LogP contribution in [0.4, 0.5) is 0 Å². The number of hydrogen-bond donors (Lipinski definition) is 1. The van der Waals surface area contributed by atoms with Gasteiger partial charge in [-0.2, -0.15) is 0 Å². The predicted octanol–water partition coefficient (Wildman–Crippen LogP) is 1.43. The first-order chi connectivity index (χ1) is 9.20. The van der Waals surface area contributed by atoms with Crippen LogP contribution in [-0.4, -0.2) is 16.7 Å². The summed E-state index contributed by atoms with van der Waals surface area (Å²) in [5.74, 6) is 0.136. The highest BCUT2D eigenvalue weighted by molar-refractivity contribution is 6.00. The van der Waals surface area contributed by atoms with E-state index in [0.29, 0.717) is 13.1 Å². The van der Waals surface area contributed by atoms with Crippen molar-refractivity contribution < 1.29 is 9.59 Å². The van der Waals surface area contributed by atoms with Gasteiger partial charge in [0.1, 0.15) is 0 Å². The van der Waals surface area contributed by atoms with Gasteiger partial charge in [0, 0.05) is 18.4 Å². The second-order valence-electron chi connectivity index (χ2n) is 5.44. The molecule has 100 valence electrons. The van der Waals surface area contributed by atoms with E-state index in [0.717, 1.165) is 30.4 Å². The molecule has 2 unspecified atom stereocenters. The molecule has 2 aliphatic rings. The number of imide groups is 1. The summed E-state index contributed by atoms with van der Waals surface area (Å²) in [5.41, 5.74) is 7.68. The molecular weight excluding hydrogens is 240 g/mol. The van der Waals surface area contributed by atoms with Crippen LogP contribution in [0.1, 0.15) is 30.4 Å². The fourth-order valence-electron chi connectivity index (χ4n) is 3.22.